The number of carbonyl (C=O) groups is 4. The highest BCUT2D eigenvalue weighted by Gasteiger charge is 2.24. The normalized spacial score (nSPS) is 10.7. The summed E-state index contributed by atoms with van der Waals surface area (Å²) in [5.41, 5.74) is 1.08. The number of ether oxygens (including phenoxy) is 6. The fraction of sp³-hybridized carbons (Fsp3) is 0.111. The van der Waals surface area contributed by atoms with Crippen molar-refractivity contribution in [1.29, 1.82) is 0 Å². The molecule has 0 aliphatic carbocycles. The molecule has 13 heteroatoms. The van der Waals surface area contributed by atoms with Crippen molar-refractivity contribution in [3.63, 3.8) is 0 Å². The first-order valence-electron chi connectivity index (χ1n) is 14.4. The number of hydrogen-bond donors (Lipinski definition) is 0. The van der Waals surface area contributed by atoms with Crippen molar-refractivity contribution in [3.05, 3.63) is 132 Å². The summed E-state index contributed by atoms with van der Waals surface area (Å²) in [5.74, 6) is -1.68. The molecule has 0 unspecified atom stereocenters. The number of benzene rings is 4. The first-order valence-corrected chi connectivity index (χ1v) is 15.8. The molecule has 0 saturated heterocycles. The minimum atomic E-state index is -4.02. The van der Waals surface area contributed by atoms with E-state index in [4.69, 9.17) is 28.4 Å². The lowest BCUT2D eigenvalue weighted by molar-refractivity contribution is -0.145. The highest BCUT2D eigenvalue weighted by atomic mass is 32.2. The van der Waals surface area contributed by atoms with Gasteiger partial charge in [0.05, 0.1) is 20.9 Å². The Morgan fingerprint density at radius 2 is 0.918 bits per heavy atom. The molecule has 4 aromatic carbocycles. The van der Waals surface area contributed by atoms with E-state index < -0.39 is 33.7 Å². The Balaban J connectivity index is 1.38. The summed E-state index contributed by atoms with van der Waals surface area (Å²) < 4.78 is 58.1. The van der Waals surface area contributed by atoms with E-state index in [-0.39, 0.29) is 46.0 Å². The summed E-state index contributed by atoms with van der Waals surface area (Å²) in [6, 6.07) is 20.1. The smallest absolute Gasteiger partial charge is 0.343 e. The van der Waals surface area contributed by atoms with E-state index in [1.807, 2.05) is 0 Å². The molecule has 0 fully saturated rings. The second-order valence-electron chi connectivity index (χ2n) is 10.0. The van der Waals surface area contributed by atoms with Gasteiger partial charge in [0, 0.05) is 12.2 Å². The van der Waals surface area contributed by atoms with Crippen LogP contribution in [0.1, 0.15) is 31.8 Å². The minimum Gasteiger partial charge on any atom is -0.457 e. The Labute approximate surface area is 282 Å². The van der Waals surface area contributed by atoms with Gasteiger partial charge in [-0.1, -0.05) is 13.2 Å². The average Bonchev–Trinajstić information content (AvgIpc) is 3.08. The topological polar surface area (TPSA) is 158 Å². The Kier molecular flexibility index (Phi) is 11.7. The van der Waals surface area contributed by atoms with Crippen molar-refractivity contribution in [1.82, 2.24) is 0 Å². The van der Waals surface area contributed by atoms with Gasteiger partial charge in [0.1, 0.15) is 23.0 Å². The Hall–Kier alpha value is -6.21. The maximum atomic E-state index is 13.6. The van der Waals surface area contributed by atoms with E-state index >= 15 is 0 Å². The molecule has 252 valence electrons. The van der Waals surface area contributed by atoms with E-state index in [1.165, 1.54) is 84.9 Å². The van der Waals surface area contributed by atoms with E-state index in [0.29, 0.717) is 22.6 Å². The zero-order valence-electron chi connectivity index (χ0n) is 26.4. The molecule has 0 spiro atoms. The Morgan fingerprint density at radius 1 is 0.571 bits per heavy atom. The number of esters is 4. The molecule has 0 aliphatic rings. The number of hydrogen-bond acceptors (Lipinski definition) is 12. The van der Waals surface area contributed by atoms with Gasteiger partial charge in [-0.25, -0.2) is 27.6 Å². The summed E-state index contributed by atoms with van der Waals surface area (Å²) >= 11 is 0. The third kappa shape index (κ3) is 9.42. The lowest BCUT2D eigenvalue weighted by Crippen LogP contribution is -2.11. The number of sulfone groups is 1. The van der Waals surface area contributed by atoms with Gasteiger partial charge in [0.2, 0.25) is 23.4 Å². The van der Waals surface area contributed by atoms with Crippen LogP contribution >= 0.6 is 0 Å². The molecule has 0 N–H and O–H groups in total. The highest BCUT2D eigenvalue weighted by Crippen LogP contribution is 2.31. The van der Waals surface area contributed by atoms with Crippen molar-refractivity contribution < 1.29 is 56.0 Å². The molecule has 4 aromatic rings. The van der Waals surface area contributed by atoms with Crippen molar-refractivity contribution in [3.8, 4) is 23.0 Å². The Morgan fingerprint density at radius 3 is 1.24 bits per heavy atom. The van der Waals surface area contributed by atoms with Crippen LogP contribution < -0.4 is 18.9 Å². The molecule has 0 saturated carbocycles. The predicted octanol–water partition coefficient (Wildman–Crippen LogP) is 5.71. The summed E-state index contributed by atoms with van der Waals surface area (Å²) in [6.07, 6.45) is 2.01. The SMILES string of the molecule is C=CC(=O)OCOc1ccc(C(=O)Oc2ccc(S(=O)(=O)c3ccc(OC(=O)c4ccc(OCOC(=O)C=C)cc4)cc3C)c(C)c2)cc1. The van der Waals surface area contributed by atoms with Gasteiger partial charge in [-0.2, -0.15) is 0 Å². The van der Waals surface area contributed by atoms with Gasteiger partial charge in [0.25, 0.3) is 0 Å². The highest BCUT2D eigenvalue weighted by molar-refractivity contribution is 7.91. The summed E-state index contributed by atoms with van der Waals surface area (Å²) in [4.78, 5) is 47.6. The maximum absolute atomic E-state index is 13.6. The van der Waals surface area contributed by atoms with Gasteiger partial charge in [-0.3, -0.25) is 0 Å². The average molecular weight is 687 g/mol. The molecule has 12 nitrogen and oxygen atoms in total. The summed E-state index contributed by atoms with van der Waals surface area (Å²) in [7, 11) is -4.02. The van der Waals surface area contributed by atoms with Crippen LogP contribution in [0.3, 0.4) is 0 Å². The molecule has 0 radical (unpaired) electrons. The van der Waals surface area contributed by atoms with E-state index in [2.05, 4.69) is 13.2 Å². The van der Waals surface area contributed by atoms with Crippen LogP contribution in [-0.2, 0) is 28.9 Å². The number of aryl methyl sites for hydroxylation is 2. The van der Waals surface area contributed by atoms with Crippen LogP contribution in [0.15, 0.2) is 120 Å². The van der Waals surface area contributed by atoms with E-state index in [9.17, 15) is 27.6 Å². The van der Waals surface area contributed by atoms with E-state index in [0.717, 1.165) is 12.2 Å². The zero-order valence-corrected chi connectivity index (χ0v) is 27.2. The first kappa shape index (κ1) is 35.6. The van der Waals surface area contributed by atoms with Crippen LogP contribution in [0.25, 0.3) is 0 Å². The van der Waals surface area contributed by atoms with Gasteiger partial charge in [-0.05, 0) is 110 Å². The Bertz CT molecular complexity index is 1860. The second kappa shape index (κ2) is 16.1. The molecule has 0 aliphatic heterocycles. The van der Waals surface area contributed by atoms with Crippen LogP contribution in [0.2, 0.25) is 0 Å². The van der Waals surface area contributed by atoms with Crippen molar-refractivity contribution in [2.24, 2.45) is 0 Å². The zero-order chi connectivity index (χ0) is 35.6. The third-order valence-corrected chi connectivity index (χ3v) is 8.73. The monoisotopic (exact) mass is 686 g/mol. The minimum absolute atomic E-state index is 0.000340. The van der Waals surface area contributed by atoms with Crippen molar-refractivity contribution >= 4 is 33.7 Å². The van der Waals surface area contributed by atoms with E-state index in [1.54, 1.807) is 13.8 Å². The lowest BCUT2D eigenvalue weighted by atomic mass is 10.2. The van der Waals surface area contributed by atoms with Gasteiger partial charge in [-0.15, -0.1) is 0 Å². The summed E-state index contributed by atoms with van der Waals surface area (Å²) in [6.45, 7) is 9.06. The number of carbonyl (C=O) groups excluding carboxylic acids is 4. The fourth-order valence-electron chi connectivity index (χ4n) is 4.23. The molecule has 49 heavy (non-hydrogen) atoms. The quantitative estimate of drug-likeness (QED) is 0.0690. The molecule has 0 bridgehead atoms. The molecule has 0 amide bonds. The third-order valence-electron chi connectivity index (χ3n) is 6.66. The molecule has 0 heterocycles. The van der Waals surface area contributed by atoms with Crippen LogP contribution in [-0.4, -0.2) is 45.9 Å². The van der Waals surface area contributed by atoms with Crippen LogP contribution in [0.4, 0.5) is 0 Å². The molecule has 4 rings (SSSR count). The van der Waals surface area contributed by atoms with Crippen LogP contribution in [0, 0.1) is 13.8 Å². The lowest BCUT2D eigenvalue weighted by Gasteiger charge is -2.13. The van der Waals surface area contributed by atoms with Gasteiger partial charge < -0.3 is 28.4 Å². The standard InChI is InChI=1S/C36H30O12S/c1-5-33(37)45-21-43-27-11-7-25(8-12-27)35(39)47-29-15-17-31(23(3)19-29)49(41,42)32-18-16-30(20-24(32)4)48-36(40)26-9-13-28(14-10-26)44-22-46-34(38)6-2/h5-20H,1-2,21-22H2,3-4H3. The van der Waals surface area contributed by atoms with Crippen molar-refractivity contribution in [2.45, 2.75) is 23.6 Å². The van der Waals surface area contributed by atoms with Crippen LogP contribution in [0.5, 0.6) is 23.0 Å². The van der Waals surface area contributed by atoms with Gasteiger partial charge in [0.15, 0.2) is 0 Å². The van der Waals surface area contributed by atoms with Crippen molar-refractivity contribution in [2.75, 3.05) is 13.6 Å². The first-order chi connectivity index (χ1) is 23.4. The van der Waals surface area contributed by atoms with Gasteiger partial charge >= 0.3 is 23.9 Å². The number of rotatable bonds is 14. The predicted molar refractivity (Wildman–Crippen MR) is 174 cm³/mol. The molecular weight excluding hydrogens is 656 g/mol. The molecule has 0 aromatic heterocycles. The maximum Gasteiger partial charge on any atom is 0.343 e. The second-order valence-corrected chi connectivity index (χ2v) is 11.9. The largest absolute Gasteiger partial charge is 0.457 e. The fourth-order valence-corrected chi connectivity index (χ4v) is 5.92. The molecular formula is C36H30O12S. The summed E-state index contributed by atoms with van der Waals surface area (Å²) in [5, 5.41) is 0. The molecule has 0 atom stereocenters.